The van der Waals surface area contributed by atoms with Gasteiger partial charge in [-0.3, -0.25) is 0 Å². The maximum Gasteiger partial charge on any atom is 0.232 e. The summed E-state index contributed by atoms with van der Waals surface area (Å²) >= 11 is 0. The van der Waals surface area contributed by atoms with Crippen LogP contribution in [0.2, 0.25) is 0 Å². The highest BCUT2D eigenvalue weighted by molar-refractivity contribution is 5.62. The quantitative estimate of drug-likeness (QED) is 0.521. The molecule has 5 heterocycles. The van der Waals surface area contributed by atoms with Gasteiger partial charge in [0.15, 0.2) is 17.3 Å². The van der Waals surface area contributed by atoms with E-state index >= 15 is 0 Å². The molecular weight excluding hydrogens is 387 g/mol. The minimum atomic E-state index is -0.475. The molecule has 1 aliphatic heterocycles. The minimum absolute atomic E-state index is 0.0708. The van der Waals surface area contributed by atoms with E-state index in [0.29, 0.717) is 11.5 Å². The fraction of sp³-hybridized carbons (Fsp3) is 0.250. The third kappa shape index (κ3) is 3.77. The first-order valence-corrected chi connectivity index (χ1v) is 9.68. The molecule has 0 aromatic carbocycles. The number of pyridine rings is 1. The molecule has 0 amide bonds. The summed E-state index contributed by atoms with van der Waals surface area (Å²) in [6.07, 6.45) is 8.52. The van der Waals surface area contributed by atoms with Gasteiger partial charge in [0.05, 0.1) is 11.9 Å². The molecule has 2 N–H and O–H groups in total. The summed E-state index contributed by atoms with van der Waals surface area (Å²) in [6.45, 7) is 1.90. The molecule has 9 nitrogen and oxygen atoms in total. The zero-order valence-corrected chi connectivity index (χ0v) is 16.0. The normalized spacial score (nSPS) is 14.7. The maximum absolute atomic E-state index is 13.7. The van der Waals surface area contributed by atoms with E-state index in [1.54, 1.807) is 23.1 Å². The maximum atomic E-state index is 13.7. The van der Waals surface area contributed by atoms with Crippen LogP contribution in [-0.4, -0.2) is 48.7 Å². The van der Waals surface area contributed by atoms with Crippen LogP contribution in [-0.2, 0) is 0 Å². The first-order valence-electron chi connectivity index (χ1n) is 9.68. The average Bonchev–Trinajstić information content (AvgIpc) is 3.20. The summed E-state index contributed by atoms with van der Waals surface area (Å²) in [4.78, 5) is 16.8. The number of halogens is 1. The summed E-state index contributed by atoms with van der Waals surface area (Å²) < 4.78 is 21.5. The van der Waals surface area contributed by atoms with E-state index in [0.717, 1.165) is 37.2 Å². The second-order valence-corrected chi connectivity index (χ2v) is 6.91. The molecule has 1 aliphatic rings. The Morgan fingerprint density at radius 2 is 1.87 bits per heavy atom. The Morgan fingerprint density at radius 1 is 1.03 bits per heavy atom. The van der Waals surface area contributed by atoms with Gasteiger partial charge < -0.3 is 15.4 Å². The molecule has 0 saturated carbocycles. The predicted molar refractivity (Wildman–Crippen MR) is 108 cm³/mol. The fourth-order valence-corrected chi connectivity index (χ4v) is 3.31. The number of nitrogens with one attached hydrogen (secondary N) is 2. The SMILES string of the molecule is Fc1cccnc1Nc1ncc(-c2cnc3ccc(OC4CCNCC4)nn23)cn1. The second-order valence-electron chi connectivity index (χ2n) is 6.91. The van der Waals surface area contributed by atoms with Gasteiger partial charge in [-0.1, -0.05) is 0 Å². The highest BCUT2D eigenvalue weighted by Crippen LogP contribution is 2.22. The van der Waals surface area contributed by atoms with Crippen LogP contribution in [0.5, 0.6) is 5.88 Å². The van der Waals surface area contributed by atoms with E-state index in [2.05, 4.69) is 35.7 Å². The van der Waals surface area contributed by atoms with Gasteiger partial charge >= 0.3 is 0 Å². The van der Waals surface area contributed by atoms with Crippen molar-refractivity contribution in [3.05, 3.63) is 54.9 Å². The second kappa shape index (κ2) is 7.99. The van der Waals surface area contributed by atoms with Crippen LogP contribution in [0.4, 0.5) is 16.2 Å². The van der Waals surface area contributed by atoms with E-state index < -0.39 is 5.82 Å². The molecule has 1 fully saturated rings. The third-order valence-electron chi connectivity index (χ3n) is 4.85. The Balaban J connectivity index is 1.38. The number of hydrogen-bond acceptors (Lipinski definition) is 8. The molecule has 1 saturated heterocycles. The van der Waals surface area contributed by atoms with E-state index in [9.17, 15) is 4.39 Å². The van der Waals surface area contributed by atoms with Gasteiger partial charge in [0.2, 0.25) is 11.8 Å². The molecule has 4 aromatic rings. The molecule has 152 valence electrons. The van der Waals surface area contributed by atoms with Gasteiger partial charge in [0.1, 0.15) is 6.10 Å². The summed E-state index contributed by atoms with van der Waals surface area (Å²) in [6, 6.07) is 6.54. The first-order chi connectivity index (χ1) is 14.8. The molecular formula is C20H19FN8O. The lowest BCUT2D eigenvalue weighted by atomic mass is 10.1. The van der Waals surface area contributed by atoms with Gasteiger partial charge in [-0.15, -0.1) is 5.10 Å². The summed E-state index contributed by atoms with van der Waals surface area (Å²) in [5.74, 6) is 0.394. The summed E-state index contributed by atoms with van der Waals surface area (Å²) in [5, 5.41) is 10.7. The van der Waals surface area contributed by atoms with Crippen molar-refractivity contribution >= 4 is 17.4 Å². The molecule has 0 aliphatic carbocycles. The van der Waals surface area contributed by atoms with Gasteiger partial charge in [0.25, 0.3) is 0 Å². The van der Waals surface area contributed by atoms with Crippen LogP contribution in [0.25, 0.3) is 16.9 Å². The lowest BCUT2D eigenvalue weighted by Gasteiger charge is -2.23. The van der Waals surface area contributed by atoms with Gasteiger partial charge in [0, 0.05) is 30.2 Å². The number of aromatic nitrogens is 6. The van der Waals surface area contributed by atoms with Crippen LogP contribution in [0.1, 0.15) is 12.8 Å². The fourth-order valence-electron chi connectivity index (χ4n) is 3.31. The summed E-state index contributed by atoms with van der Waals surface area (Å²) in [5.41, 5.74) is 2.15. The Labute approximate surface area is 171 Å². The van der Waals surface area contributed by atoms with Crippen LogP contribution >= 0.6 is 0 Å². The monoisotopic (exact) mass is 406 g/mol. The van der Waals surface area contributed by atoms with Crippen molar-refractivity contribution in [1.29, 1.82) is 0 Å². The van der Waals surface area contributed by atoms with Gasteiger partial charge in [-0.05, 0) is 44.1 Å². The average molecular weight is 406 g/mol. The van der Waals surface area contributed by atoms with Crippen molar-refractivity contribution in [1.82, 2.24) is 34.9 Å². The van der Waals surface area contributed by atoms with Crippen molar-refractivity contribution in [3.63, 3.8) is 0 Å². The van der Waals surface area contributed by atoms with Crippen molar-refractivity contribution < 1.29 is 9.13 Å². The number of ether oxygens (including phenoxy) is 1. The van der Waals surface area contributed by atoms with Crippen molar-refractivity contribution in [2.75, 3.05) is 18.4 Å². The molecule has 0 unspecified atom stereocenters. The Hall–Kier alpha value is -3.66. The zero-order valence-electron chi connectivity index (χ0n) is 16.0. The van der Waals surface area contributed by atoms with E-state index in [-0.39, 0.29) is 17.9 Å². The Morgan fingerprint density at radius 3 is 2.67 bits per heavy atom. The molecule has 10 heteroatoms. The number of piperidine rings is 1. The molecule has 0 atom stereocenters. The molecule has 0 radical (unpaired) electrons. The van der Waals surface area contributed by atoms with Crippen molar-refractivity contribution in [2.24, 2.45) is 0 Å². The number of fused-ring (bicyclic) bond motifs is 1. The van der Waals surface area contributed by atoms with E-state index in [4.69, 9.17) is 4.74 Å². The lowest BCUT2D eigenvalue weighted by Crippen LogP contribution is -2.34. The van der Waals surface area contributed by atoms with Crippen LogP contribution in [0.3, 0.4) is 0 Å². The highest BCUT2D eigenvalue weighted by Gasteiger charge is 2.16. The number of nitrogens with zero attached hydrogens (tertiary/aromatic N) is 6. The number of rotatable bonds is 5. The predicted octanol–water partition coefficient (Wildman–Crippen LogP) is 2.59. The first kappa shape index (κ1) is 18.4. The van der Waals surface area contributed by atoms with Crippen molar-refractivity contribution in [2.45, 2.75) is 18.9 Å². The van der Waals surface area contributed by atoms with Crippen molar-refractivity contribution in [3.8, 4) is 17.1 Å². The molecule has 0 bridgehead atoms. The van der Waals surface area contributed by atoms with E-state index in [1.165, 1.54) is 18.3 Å². The lowest BCUT2D eigenvalue weighted by molar-refractivity contribution is 0.154. The largest absolute Gasteiger partial charge is 0.473 e. The Kier molecular flexibility index (Phi) is 4.89. The van der Waals surface area contributed by atoms with Crippen LogP contribution in [0, 0.1) is 5.82 Å². The number of hydrogen-bond donors (Lipinski definition) is 2. The molecule has 0 spiro atoms. The topological polar surface area (TPSA) is 102 Å². The zero-order chi connectivity index (χ0) is 20.3. The number of imidazole rings is 1. The standard InChI is InChI=1S/C20H19FN8O/c21-15-2-1-7-23-19(15)27-20-25-10-13(11-26-20)16-12-24-17-3-4-18(28-29(16)17)30-14-5-8-22-9-6-14/h1-4,7,10-12,14,22H,5-6,8-9H2,(H,23,25,26,27). The van der Waals surface area contributed by atoms with Crippen LogP contribution < -0.4 is 15.4 Å². The smallest absolute Gasteiger partial charge is 0.232 e. The number of anilines is 2. The molecule has 4 aromatic heterocycles. The van der Waals surface area contributed by atoms with E-state index in [1.807, 2.05) is 12.1 Å². The summed E-state index contributed by atoms with van der Waals surface area (Å²) in [7, 11) is 0. The van der Waals surface area contributed by atoms with Gasteiger partial charge in [-0.2, -0.15) is 0 Å². The Bertz CT molecular complexity index is 1160. The minimum Gasteiger partial charge on any atom is -0.473 e. The molecule has 30 heavy (non-hydrogen) atoms. The highest BCUT2D eigenvalue weighted by atomic mass is 19.1. The van der Waals surface area contributed by atoms with Crippen LogP contribution in [0.15, 0.2) is 49.1 Å². The van der Waals surface area contributed by atoms with Gasteiger partial charge in [-0.25, -0.2) is 28.8 Å². The molecule has 5 rings (SSSR count). The third-order valence-corrected chi connectivity index (χ3v) is 4.85.